The molecule has 196 valence electrons. The van der Waals surface area contributed by atoms with Crippen LogP contribution in [0.3, 0.4) is 0 Å². The van der Waals surface area contributed by atoms with Crippen molar-refractivity contribution in [1.29, 1.82) is 0 Å². The van der Waals surface area contributed by atoms with E-state index in [9.17, 15) is 14.9 Å². The van der Waals surface area contributed by atoms with E-state index < -0.39 is 10.8 Å². The lowest BCUT2D eigenvalue weighted by molar-refractivity contribution is -0.384. The van der Waals surface area contributed by atoms with Gasteiger partial charge in [0.2, 0.25) is 0 Å². The lowest BCUT2D eigenvalue weighted by Gasteiger charge is -2.12. The topological polar surface area (TPSA) is 112 Å². The molecule has 0 aliphatic carbocycles. The number of nitrogens with one attached hydrogen (secondary N) is 1. The summed E-state index contributed by atoms with van der Waals surface area (Å²) in [5.41, 5.74) is 3.22. The van der Waals surface area contributed by atoms with Gasteiger partial charge < -0.3 is 10.1 Å². The lowest BCUT2D eigenvalue weighted by atomic mass is 10.0. The van der Waals surface area contributed by atoms with Crippen LogP contribution in [0.1, 0.15) is 23.0 Å². The fourth-order valence-electron chi connectivity index (χ4n) is 4.22. The van der Waals surface area contributed by atoms with Crippen molar-refractivity contribution in [3.8, 4) is 22.8 Å². The van der Waals surface area contributed by atoms with Crippen molar-refractivity contribution in [2.45, 2.75) is 20.4 Å². The third-order valence-electron chi connectivity index (χ3n) is 6.12. The minimum absolute atomic E-state index is 0.117. The number of aryl methyl sites for hydroxylation is 1. The first-order valence-corrected chi connectivity index (χ1v) is 12.7. The molecule has 11 heteroatoms. The number of fused-ring (bicyclic) bond motifs is 1. The van der Waals surface area contributed by atoms with Gasteiger partial charge in [-0.3, -0.25) is 19.6 Å². The van der Waals surface area contributed by atoms with Gasteiger partial charge >= 0.3 is 0 Å². The van der Waals surface area contributed by atoms with Crippen molar-refractivity contribution in [1.82, 2.24) is 14.8 Å². The van der Waals surface area contributed by atoms with E-state index in [2.05, 4.69) is 10.4 Å². The van der Waals surface area contributed by atoms with Crippen LogP contribution in [-0.4, -0.2) is 25.6 Å². The second-order valence-corrected chi connectivity index (χ2v) is 9.48. The number of nitro benzene ring substituents is 1. The second kappa shape index (κ2) is 10.7. The summed E-state index contributed by atoms with van der Waals surface area (Å²) in [7, 11) is 0. The Hall–Kier alpha value is -4.47. The summed E-state index contributed by atoms with van der Waals surface area (Å²) in [4.78, 5) is 29.4. The summed E-state index contributed by atoms with van der Waals surface area (Å²) < 4.78 is 7.64. The number of carbonyl (C=O) groups excluding carboxylic acids is 1. The predicted octanol–water partition coefficient (Wildman–Crippen LogP) is 7.69. The molecule has 2 aromatic heterocycles. The van der Waals surface area contributed by atoms with Crippen molar-refractivity contribution in [3.63, 3.8) is 0 Å². The molecule has 5 rings (SSSR count). The van der Waals surface area contributed by atoms with Gasteiger partial charge in [0.05, 0.1) is 44.7 Å². The van der Waals surface area contributed by atoms with E-state index in [1.807, 2.05) is 36.7 Å². The molecular formula is C28H21Cl2N5O4. The maximum Gasteiger partial charge on any atom is 0.275 e. The van der Waals surface area contributed by atoms with E-state index in [1.165, 1.54) is 24.3 Å². The van der Waals surface area contributed by atoms with Crippen molar-refractivity contribution >= 4 is 51.4 Å². The highest BCUT2D eigenvalue weighted by Crippen LogP contribution is 2.35. The van der Waals surface area contributed by atoms with Gasteiger partial charge in [-0.05, 0) is 44.2 Å². The Morgan fingerprint density at radius 3 is 2.62 bits per heavy atom. The standard InChI is InChI=1S/C28H21Cl2N5O4/c1-3-34-16(2)23(15-31-34)26-14-22(21-6-4-5-7-25(21)33-26)28(36)32-18-11-19(35(37)38)13-20(12-18)39-27-9-8-17(29)10-24(27)30/h4-15H,3H2,1-2H3,(H,32,36). The zero-order chi connectivity index (χ0) is 27.7. The van der Waals surface area contributed by atoms with E-state index in [-0.39, 0.29) is 27.9 Å². The number of hydrogen-bond acceptors (Lipinski definition) is 6. The minimum atomic E-state index is -0.569. The number of halogens is 2. The molecule has 0 unspecified atom stereocenters. The zero-order valence-corrected chi connectivity index (χ0v) is 22.3. The maximum absolute atomic E-state index is 13.6. The minimum Gasteiger partial charge on any atom is -0.455 e. The molecule has 0 aliphatic rings. The number of anilines is 1. The molecule has 0 fully saturated rings. The van der Waals surface area contributed by atoms with Crippen LogP contribution in [0.2, 0.25) is 10.0 Å². The summed E-state index contributed by atoms with van der Waals surface area (Å²) in [5, 5.41) is 20.1. The number of ether oxygens (including phenoxy) is 1. The number of nitro groups is 1. The van der Waals surface area contributed by atoms with Crippen LogP contribution in [-0.2, 0) is 6.54 Å². The highest BCUT2D eigenvalue weighted by Gasteiger charge is 2.19. The summed E-state index contributed by atoms with van der Waals surface area (Å²) in [6.07, 6.45) is 1.73. The summed E-state index contributed by atoms with van der Waals surface area (Å²) >= 11 is 12.2. The van der Waals surface area contributed by atoms with E-state index >= 15 is 0 Å². The van der Waals surface area contributed by atoms with E-state index in [0.717, 1.165) is 11.3 Å². The SMILES string of the molecule is CCn1ncc(-c2cc(C(=O)Nc3cc(Oc4ccc(Cl)cc4Cl)cc([N+](=O)[O-])c3)c3ccccc3n2)c1C. The molecule has 0 radical (unpaired) electrons. The summed E-state index contributed by atoms with van der Waals surface area (Å²) in [6.45, 7) is 4.64. The van der Waals surface area contributed by atoms with Crippen LogP contribution in [0.25, 0.3) is 22.2 Å². The Morgan fingerprint density at radius 2 is 1.90 bits per heavy atom. The van der Waals surface area contributed by atoms with E-state index in [4.69, 9.17) is 32.9 Å². The van der Waals surface area contributed by atoms with Gasteiger partial charge in [-0.2, -0.15) is 5.10 Å². The predicted molar refractivity (Wildman–Crippen MR) is 151 cm³/mol. The molecule has 3 aromatic carbocycles. The van der Waals surface area contributed by atoms with Crippen molar-refractivity contribution in [2.24, 2.45) is 0 Å². The number of nitrogens with zero attached hydrogens (tertiary/aromatic N) is 4. The number of amides is 1. The fourth-order valence-corrected chi connectivity index (χ4v) is 4.67. The summed E-state index contributed by atoms with van der Waals surface area (Å²) in [5.74, 6) is -0.0930. The van der Waals surface area contributed by atoms with E-state index in [1.54, 1.807) is 30.5 Å². The Kier molecular flexibility index (Phi) is 7.19. The van der Waals surface area contributed by atoms with Crippen LogP contribution in [0.15, 0.2) is 72.9 Å². The number of benzene rings is 3. The first-order valence-electron chi connectivity index (χ1n) is 11.9. The molecular weight excluding hydrogens is 541 g/mol. The maximum atomic E-state index is 13.6. The third-order valence-corrected chi connectivity index (χ3v) is 6.65. The van der Waals surface area contributed by atoms with Gasteiger partial charge in [0.25, 0.3) is 11.6 Å². The Morgan fingerprint density at radius 1 is 1.10 bits per heavy atom. The molecule has 39 heavy (non-hydrogen) atoms. The summed E-state index contributed by atoms with van der Waals surface area (Å²) in [6, 6.07) is 17.6. The molecule has 2 heterocycles. The van der Waals surface area contributed by atoms with Crippen LogP contribution >= 0.6 is 23.2 Å². The van der Waals surface area contributed by atoms with Crippen molar-refractivity contribution < 1.29 is 14.5 Å². The first-order chi connectivity index (χ1) is 18.7. The monoisotopic (exact) mass is 561 g/mol. The van der Waals surface area contributed by atoms with Gasteiger partial charge in [0, 0.05) is 40.3 Å². The smallest absolute Gasteiger partial charge is 0.275 e. The Labute approximate surface area is 233 Å². The number of para-hydroxylation sites is 1. The normalized spacial score (nSPS) is 11.0. The lowest BCUT2D eigenvalue weighted by Crippen LogP contribution is -2.13. The number of hydrogen-bond donors (Lipinski definition) is 1. The van der Waals surface area contributed by atoms with Gasteiger partial charge in [-0.25, -0.2) is 4.98 Å². The molecule has 0 spiro atoms. The Balaban J connectivity index is 1.53. The first kappa shape index (κ1) is 26.1. The molecule has 9 nitrogen and oxygen atoms in total. The van der Waals surface area contributed by atoms with Crippen LogP contribution in [0.5, 0.6) is 11.5 Å². The molecule has 0 bridgehead atoms. The second-order valence-electron chi connectivity index (χ2n) is 8.64. The molecule has 1 N–H and O–H groups in total. The Bertz CT molecular complexity index is 1750. The van der Waals surface area contributed by atoms with Gasteiger partial charge in [0.1, 0.15) is 11.5 Å². The number of non-ortho nitro benzene ring substituents is 1. The van der Waals surface area contributed by atoms with Crippen LogP contribution in [0.4, 0.5) is 11.4 Å². The average Bonchev–Trinajstić information content (AvgIpc) is 3.29. The molecule has 0 saturated heterocycles. The average molecular weight is 562 g/mol. The van der Waals surface area contributed by atoms with Gasteiger partial charge in [-0.1, -0.05) is 41.4 Å². The zero-order valence-electron chi connectivity index (χ0n) is 20.8. The molecule has 1 amide bonds. The molecule has 5 aromatic rings. The molecule has 0 saturated carbocycles. The fraction of sp³-hybridized carbons (Fsp3) is 0.107. The number of aromatic nitrogens is 3. The molecule has 0 aliphatic heterocycles. The van der Waals surface area contributed by atoms with Crippen molar-refractivity contribution in [2.75, 3.05) is 5.32 Å². The highest BCUT2D eigenvalue weighted by atomic mass is 35.5. The van der Waals surface area contributed by atoms with E-state index in [0.29, 0.717) is 33.7 Å². The molecule has 0 atom stereocenters. The number of carbonyl (C=O) groups is 1. The number of rotatable bonds is 7. The quantitative estimate of drug-likeness (QED) is 0.161. The van der Waals surface area contributed by atoms with Crippen molar-refractivity contribution in [3.05, 3.63) is 104 Å². The highest BCUT2D eigenvalue weighted by molar-refractivity contribution is 6.35. The van der Waals surface area contributed by atoms with Crippen LogP contribution in [0, 0.1) is 17.0 Å². The van der Waals surface area contributed by atoms with Crippen LogP contribution < -0.4 is 10.1 Å². The largest absolute Gasteiger partial charge is 0.455 e. The van der Waals surface area contributed by atoms with Gasteiger partial charge in [-0.15, -0.1) is 0 Å². The van der Waals surface area contributed by atoms with Gasteiger partial charge in [0.15, 0.2) is 0 Å². The number of pyridine rings is 1. The third kappa shape index (κ3) is 5.41.